The van der Waals surface area contributed by atoms with Gasteiger partial charge in [-0.3, -0.25) is 4.90 Å². The highest BCUT2D eigenvalue weighted by molar-refractivity contribution is 5.66. The molecule has 0 aromatic heterocycles. The quantitative estimate of drug-likeness (QED) is 0.767. The van der Waals surface area contributed by atoms with Crippen molar-refractivity contribution in [2.75, 3.05) is 13.1 Å². The number of nitrogens with zero attached hydrogens (tertiary/aromatic N) is 1. The molecule has 0 spiro atoms. The molecule has 1 aliphatic rings. The molecule has 18 heavy (non-hydrogen) atoms. The molecular weight excluding hydrogens is 249 g/mol. The summed E-state index contributed by atoms with van der Waals surface area (Å²) >= 11 is 0. The molecule has 0 saturated carbocycles. The lowest BCUT2D eigenvalue weighted by atomic mass is 9.91. The minimum atomic E-state index is -4.28. The van der Waals surface area contributed by atoms with Crippen LogP contribution >= 0.6 is 0 Å². The molecule has 106 valence electrons. The predicted octanol–water partition coefficient (Wildman–Crippen LogP) is 2.31. The van der Waals surface area contributed by atoms with E-state index in [1.807, 2.05) is 0 Å². The molecule has 7 heteroatoms. The van der Waals surface area contributed by atoms with E-state index in [1.54, 1.807) is 20.8 Å². The van der Waals surface area contributed by atoms with Crippen LogP contribution in [0.15, 0.2) is 0 Å². The van der Waals surface area contributed by atoms with Gasteiger partial charge >= 0.3 is 12.3 Å². The van der Waals surface area contributed by atoms with Crippen LogP contribution in [0.1, 0.15) is 27.2 Å². The summed E-state index contributed by atoms with van der Waals surface area (Å²) in [5.74, 6) is -1.49. The van der Waals surface area contributed by atoms with Crippen molar-refractivity contribution in [3.05, 3.63) is 0 Å². The zero-order valence-corrected chi connectivity index (χ0v) is 10.7. The second kappa shape index (κ2) is 4.95. The third kappa shape index (κ3) is 3.51. The molecule has 1 rings (SSSR count). The average Bonchev–Trinajstić information content (AvgIpc) is 2.13. The first kappa shape index (κ1) is 15.1. The van der Waals surface area contributed by atoms with Crippen molar-refractivity contribution >= 4 is 6.09 Å². The number of rotatable bonds is 1. The van der Waals surface area contributed by atoms with Gasteiger partial charge in [0.1, 0.15) is 0 Å². The van der Waals surface area contributed by atoms with Crippen LogP contribution in [0.4, 0.5) is 18.0 Å². The Morgan fingerprint density at radius 3 is 2.22 bits per heavy atom. The molecule has 1 amide bonds. The van der Waals surface area contributed by atoms with Crippen LogP contribution < -0.4 is 5.32 Å². The number of nitrogens with one attached hydrogen (secondary N) is 1. The highest BCUT2D eigenvalue weighted by Gasteiger charge is 2.45. The third-order valence-electron chi connectivity index (χ3n) is 3.08. The number of hydrogen-bond donors (Lipinski definition) is 2. The molecule has 1 fully saturated rings. The van der Waals surface area contributed by atoms with E-state index in [0.717, 1.165) is 4.90 Å². The monoisotopic (exact) mass is 268 g/mol. The summed E-state index contributed by atoms with van der Waals surface area (Å²) in [7, 11) is 0. The fraction of sp³-hybridized carbons (Fsp3) is 0.909. The predicted molar refractivity (Wildman–Crippen MR) is 60.4 cm³/mol. The number of alkyl halides is 3. The second-order valence-electron chi connectivity index (χ2n) is 5.61. The first-order chi connectivity index (χ1) is 8.03. The van der Waals surface area contributed by atoms with Crippen molar-refractivity contribution in [3.63, 3.8) is 0 Å². The van der Waals surface area contributed by atoms with Gasteiger partial charge in [0, 0.05) is 24.7 Å². The molecule has 1 aliphatic heterocycles. The normalized spacial score (nSPS) is 25.9. The fourth-order valence-corrected chi connectivity index (χ4v) is 2.36. The van der Waals surface area contributed by atoms with E-state index in [9.17, 15) is 18.0 Å². The first-order valence-electron chi connectivity index (χ1n) is 5.83. The molecule has 2 unspecified atom stereocenters. The van der Waals surface area contributed by atoms with Crippen molar-refractivity contribution < 1.29 is 23.1 Å². The summed E-state index contributed by atoms with van der Waals surface area (Å²) in [4.78, 5) is 12.3. The first-order valence-corrected chi connectivity index (χ1v) is 5.83. The zero-order chi connectivity index (χ0) is 14.1. The molecule has 0 radical (unpaired) electrons. The van der Waals surface area contributed by atoms with Gasteiger partial charge in [-0.2, -0.15) is 13.2 Å². The maximum absolute atomic E-state index is 12.7. The number of piperidine rings is 1. The second-order valence-corrected chi connectivity index (χ2v) is 5.61. The lowest BCUT2D eigenvalue weighted by molar-refractivity contribution is -0.183. The molecule has 1 saturated heterocycles. The molecular formula is C11H19F3N2O2. The smallest absolute Gasteiger partial charge is 0.408 e. The Kier molecular flexibility index (Phi) is 4.15. The van der Waals surface area contributed by atoms with Crippen LogP contribution in [0.2, 0.25) is 0 Å². The van der Waals surface area contributed by atoms with E-state index >= 15 is 0 Å². The van der Waals surface area contributed by atoms with E-state index in [0.29, 0.717) is 0 Å². The van der Waals surface area contributed by atoms with E-state index in [-0.39, 0.29) is 19.5 Å². The van der Waals surface area contributed by atoms with Crippen LogP contribution in [0.25, 0.3) is 0 Å². The van der Waals surface area contributed by atoms with Gasteiger partial charge in [-0.05, 0) is 27.2 Å². The van der Waals surface area contributed by atoms with Crippen molar-refractivity contribution in [2.45, 2.75) is 44.9 Å². The zero-order valence-electron chi connectivity index (χ0n) is 10.7. The Hall–Kier alpha value is -0.980. The SMILES string of the molecule is CC(C)(C)N(C(=O)O)C1CNCC(C(F)(F)F)C1. The maximum Gasteiger partial charge on any atom is 0.408 e. The number of hydrogen-bond acceptors (Lipinski definition) is 2. The topological polar surface area (TPSA) is 52.6 Å². The Morgan fingerprint density at radius 1 is 1.28 bits per heavy atom. The Morgan fingerprint density at radius 2 is 1.83 bits per heavy atom. The van der Waals surface area contributed by atoms with Gasteiger partial charge in [0.15, 0.2) is 0 Å². The summed E-state index contributed by atoms with van der Waals surface area (Å²) < 4.78 is 38.0. The number of amides is 1. The van der Waals surface area contributed by atoms with Crippen LogP contribution in [-0.4, -0.2) is 46.9 Å². The average molecular weight is 268 g/mol. The Balaban J connectivity index is 2.85. The standard InChI is InChI=1S/C11H19F3N2O2/c1-10(2,3)16(9(17)18)8-4-7(5-15-6-8)11(12,13)14/h7-8,15H,4-6H2,1-3H3,(H,17,18). The number of carbonyl (C=O) groups is 1. The van der Waals surface area contributed by atoms with Crippen molar-refractivity contribution in [3.8, 4) is 0 Å². The molecule has 4 nitrogen and oxygen atoms in total. The summed E-state index contributed by atoms with van der Waals surface area (Å²) in [6.45, 7) is 5.16. The third-order valence-corrected chi connectivity index (χ3v) is 3.08. The minimum absolute atomic E-state index is 0.141. The molecule has 0 aromatic rings. The largest absolute Gasteiger partial charge is 0.465 e. The van der Waals surface area contributed by atoms with E-state index in [4.69, 9.17) is 5.11 Å². The summed E-state index contributed by atoms with van der Waals surface area (Å²) in [6, 6.07) is -0.650. The molecule has 2 N–H and O–H groups in total. The number of halogens is 3. The lowest BCUT2D eigenvalue weighted by Crippen LogP contribution is -2.58. The molecule has 0 aliphatic carbocycles. The Bertz CT molecular complexity index is 312. The van der Waals surface area contributed by atoms with Crippen molar-refractivity contribution in [1.29, 1.82) is 0 Å². The summed E-state index contributed by atoms with van der Waals surface area (Å²) in [5, 5.41) is 11.8. The highest BCUT2D eigenvalue weighted by atomic mass is 19.4. The van der Waals surface area contributed by atoms with Crippen LogP contribution in [0.5, 0.6) is 0 Å². The van der Waals surface area contributed by atoms with Gasteiger partial charge in [0.05, 0.1) is 5.92 Å². The van der Waals surface area contributed by atoms with E-state index in [2.05, 4.69) is 5.32 Å². The number of carboxylic acid groups (broad SMARTS) is 1. The minimum Gasteiger partial charge on any atom is -0.465 e. The van der Waals surface area contributed by atoms with Crippen LogP contribution in [0, 0.1) is 5.92 Å². The summed E-state index contributed by atoms with van der Waals surface area (Å²) in [5.41, 5.74) is -0.717. The van der Waals surface area contributed by atoms with Gasteiger partial charge in [-0.25, -0.2) is 4.79 Å². The van der Waals surface area contributed by atoms with Gasteiger partial charge < -0.3 is 10.4 Å². The molecule has 1 heterocycles. The van der Waals surface area contributed by atoms with Gasteiger partial charge in [0.2, 0.25) is 0 Å². The Labute approximate surface area is 104 Å². The maximum atomic E-state index is 12.7. The van der Waals surface area contributed by atoms with Gasteiger partial charge in [0.25, 0.3) is 0 Å². The highest BCUT2D eigenvalue weighted by Crippen LogP contribution is 2.33. The lowest BCUT2D eigenvalue weighted by Gasteiger charge is -2.43. The fourth-order valence-electron chi connectivity index (χ4n) is 2.36. The molecule has 0 aromatic carbocycles. The van der Waals surface area contributed by atoms with Gasteiger partial charge in [-0.1, -0.05) is 0 Å². The summed E-state index contributed by atoms with van der Waals surface area (Å²) in [6.07, 6.45) is -5.65. The van der Waals surface area contributed by atoms with Crippen LogP contribution in [-0.2, 0) is 0 Å². The van der Waals surface area contributed by atoms with E-state index < -0.39 is 29.8 Å². The van der Waals surface area contributed by atoms with Crippen molar-refractivity contribution in [1.82, 2.24) is 10.2 Å². The van der Waals surface area contributed by atoms with Crippen molar-refractivity contribution in [2.24, 2.45) is 5.92 Å². The molecule has 0 bridgehead atoms. The van der Waals surface area contributed by atoms with Gasteiger partial charge in [-0.15, -0.1) is 0 Å². The molecule has 2 atom stereocenters. The van der Waals surface area contributed by atoms with Crippen LogP contribution in [0.3, 0.4) is 0 Å². The van der Waals surface area contributed by atoms with E-state index in [1.165, 1.54) is 0 Å².